The fourth-order valence-electron chi connectivity index (χ4n) is 3.85. The first-order valence-corrected chi connectivity index (χ1v) is 9.40. The number of nitrogens with one attached hydrogen (secondary N) is 1. The van der Waals surface area contributed by atoms with Crippen LogP contribution in [-0.2, 0) is 4.79 Å². The second-order valence-electron chi connectivity index (χ2n) is 7.05. The number of rotatable bonds is 5. The van der Waals surface area contributed by atoms with E-state index in [1.54, 1.807) is 0 Å². The van der Waals surface area contributed by atoms with Crippen LogP contribution in [-0.4, -0.2) is 36.3 Å². The number of carbonyl (C=O) groups excluding carboxylic acids is 2. The Labute approximate surface area is 144 Å². The summed E-state index contributed by atoms with van der Waals surface area (Å²) < 4.78 is 0. The van der Waals surface area contributed by atoms with Crippen molar-refractivity contribution in [3.05, 3.63) is 35.4 Å². The molecule has 24 heavy (non-hydrogen) atoms. The van der Waals surface area contributed by atoms with Gasteiger partial charge in [-0.3, -0.25) is 9.59 Å². The summed E-state index contributed by atoms with van der Waals surface area (Å²) in [5, 5.41) is 2.87. The molecule has 2 amide bonds. The van der Waals surface area contributed by atoms with Crippen LogP contribution in [0.2, 0.25) is 0 Å². The Morgan fingerprint density at radius 3 is 2.29 bits per heavy atom. The summed E-state index contributed by atoms with van der Waals surface area (Å²) in [7, 11) is 0. The number of likely N-dealkylation sites (tertiary alicyclic amines) is 1. The third-order valence-electron chi connectivity index (χ3n) is 5.33. The number of benzene rings is 1. The summed E-state index contributed by atoms with van der Waals surface area (Å²) in [4.78, 5) is 26.1. The smallest absolute Gasteiger partial charge is 0.251 e. The van der Waals surface area contributed by atoms with Crippen molar-refractivity contribution in [2.75, 3.05) is 19.6 Å². The molecule has 0 atom stereocenters. The molecule has 1 saturated heterocycles. The van der Waals surface area contributed by atoms with Gasteiger partial charge in [0.2, 0.25) is 5.91 Å². The third-order valence-corrected chi connectivity index (χ3v) is 5.33. The van der Waals surface area contributed by atoms with Gasteiger partial charge in [-0.15, -0.1) is 0 Å². The highest BCUT2D eigenvalue weighted by molar-refractivity contribution is 5.94. The fraction of sp³-hybridized carbons (Fsp3) is 0.600. The van der Waals surface area contributed by atoms with Gasteiger partial charge in [0.05, 0.1) is 0 Å². The maximum Gasteiger partial charge on any atom is 0.251 e. The van der Waals surface area contributed by atoms with Gasteiger partial charge in [0.15, 0.2) is 0 Å². The first-order chi connectivity index (χ1) is 11.7. The molecule has 1 aliphatic heterocycles. The summed E-state index contributed by atoms with van der Waals surface area (Å²) in [5.74, 6) is 0.730. The average molecular weight is 328 g/mol. The molecule has 130 valence electrons. The van der Waals surface area contributed by atoms with Crippen molar-refractivity contribution in [3.63, 3.8) is 0 Å². The third kappa shape index (κ3) is 4.37. The Bertz CT molecular complexity index is 556. The van der Waals surface area contributed by atoms with Crippen LogP contribution < -0.4 is 5.32 Å². The Hall–Kier alpha value is -1.84. The van der Waals surface area contributed by atoms with Crippen LogP contribution in [0, 0.1) is 0 Å². The van der Waals surface area contributed by atoms with Gasteiger partial charge >= 0.3 is 0 Å². The maximum absolute atomic E-state index is 12.2. The highest BCUT2D eigenvalue weighted by atomic mass is 16.2. The van der Waals surface area contributed by atoms with E-state index in [4.69, 9.17) is 0 Å². The van der Waals surface area contributed by atoms with Crippen molar-refractivity contribution < 1.29 is 9.59 Å². The summed E-state index contributed by atoms with van der Waals surface area (Å²) in [5.41, 5.74) is 2.04. The molecule has 4 heteroatoms. The minimum Gasteiger partial charge on any atom is -0.352 e. The van der Waals surface area contributed by atoms with E-state index in [-0.39, 0.29) is 11.8 Å². The van der Waals surface area contributed by atoms with Crippen LogP contribution in [0.25, 0.3) is 0 Å². The van der Waals surface area contributed by atoms with Crippen LogP contribution >= 0.6 is 0 Å². The van der Waals surface area contributed by atoms with Crippen LogP contribution in [0.5, 0.6) is 0 Å². The van der Waals surface area contributed by atoms with Gasteiger partial charge in [-0.1, -0.05) is 31.4 Å². The molecule has 0 aromatic heterocycles. The predicted molar refractivity (Wildman–Crippen MR) is 95.0 cm³/mol. The van der Waals surface area contributed by atoms with Crippen LogP contribution in [0.15, 0.2) is 24.3 Å². The largest absolute Gasteiger partial charge is 0.352 e. The minimum atomic E-state index is -0.0839. The predicted octanol–water partition coefficient (Wildman–Crippen LogP) is 3.48. The van der Waals surface area contributed by atoms with Gasteiger partial charge in [0, 0.05) is 31.6 Å². The molecule has 0 spiro atoms. The molecular formula is C20H28N2O2. The molecule has 4 nitrogen and oxygen atoms in total. The van der Waals surface area contributed by atoms with Gasteiger partial charge in [-0.2, -0.15) is 0 Å². The lowest BCUT2D eigenvalue weighted by molar-refractivity contribution is -0.129. The molecule has 0 unspecified atom stereocenters. The molecule has 1 heterocycles. The van der Waals surface area contributed by atoms with Crippen LogP contribution in [0.3, 0.4) is 0 Å². The lowest BCUT2D eigenvalue weighted by Crippen LogP contribution is -2.32. The molecule has 0 radical (unpaired) electrons. The van der Waals surface area contributed by atoms with E-state index in [0.29, 0.717) is 24.4 Å². The zero-order chi connectivity index (χ0) is 16.8. The van der Waals surface area contributed by atoms with E-state index in [1.807, 2.05) is 17.0 Å². The van der Waals surface area contributed by atoms with Crippen molar-refractivity contribution in [2.45, 2.75) is 57.3 Å². The zero-order valence-electron chi connectivity index (χ0n) is 14.4. The molecule has 2 aliphatic rings. The number of carbonyl (C=O) groups is 2. The summed E-state index contributed by atoms with van der Waals surface area (Å²) in [6.07, 6.45) is 9.13. The van der Waals surface area contributed by atoms with E-state index in [1.165, 1.54) is 37.7 Å². The monoisotopic (exact) mass is 328 g/mol. The molecule has 2 fully saturated rings. The number of hydrogen-bond donors (Lipinski definition) is 1. The summed E-state index contributed by atoms with van der Waals surface area (Å²) >= 11 is 0. The Morgan fingerprint density at radius 2 is 1.62 bits per heavy atom. The minimum absolute atomic E-state index is 0.0839. The van der Waals surface area contributed by atoms with Gasteiger partial charge in [0.25, 0.3) is 5.91 Å². The van der Waals surface area contributed by atoms with Crippen molar-refractivity contribution in [2.24, 2.45) is 0 Å². The molecule has 0 bridgehead atoms. The molecule has 3 rings (SSSR count). The second-order valence-corrected chi connectivity index (χ2v) is 7.05. The first kappa shape index (κ1) is 17.0. The van der Waals surface area contributed by atoms with Crippen molar-refractivity contribution in [1.29, 1.82) is 0 Å². The average Bonchev–Trinajstić information content (AvgIpc) is 3.17. The zero-order valence-corrected chi connectivity index (χ0v) is 14.4. The highest BCUT2D eigenvalue weighted by Crippen LogP contribution is 2.32. The van der Waals surface area contributed by atoms with Crippen molar-refractivity contribution in [1.82, 2.24) is 10.2 Å². The lowest BCUT2D eigenvalue weighted by Gasteiger charge is -2.22. The van der Waals surface area contributed by atoms with Crippen LogP contribution in [0.4, 0.5) is 0 Å². The molecule has 1 aromatic carbocycles. The highest BCUT2D eigenvalue weighted by Gasteiger charge is 2.18. The van der Waals surface area contributed by atoms with Crippen molar-refractivity contribution >= 4 is 11.8 Å². The van der Waals surface area contributed by atoms with Crippen LogP contribution in [0.1, 0.15) is 73.2 Å². The van der Waals surface area contributed by atoms with Gasteiger partial charge in [-0.25, -0.2) is 0 Å². The van der Waals surface area contributed by atoms with Gasteiger partial charge in [-0.05, 0) is 49.3 Å². The van der Waals surface area contributed by atoms with E-state index < -0.39 is 0 Å². The Balaban J connectivity index is 1.45. The number of amides is 2. The lowest BCUT2D eigenvalue weighted by atomic mass is 9.84. The van der Waals surface area contributed by atoms with Crippen molar-refractivity contribution in [3.8, 4) is 0 Å². The second kappa shape index (κ2) is 8.32. The fourth-order valence-corrected chi connectivity index (χ4v) is 3.85. The van der Waals surface area contributed by atoms with Gasteiger partial charge in [0.1, 0.15) is 0 Å². The molecule has 1 N–H and O–H groups in total. The van der Waals surface area contributed by atoms with E-state index in [9.17, 15) is 9.59 Å². The van der Waals surface area contributed by atoms with Gasteiger partial charge < -0.3 is 10.2 Å². The number of nitrogens with zero attached hydrogens (tertiary/aromatic N) is 1. The molecular weight excluding hydrogens is 300 g/mol. The first-order valence-electron chi connectivity index (χ1n) is 9.40. The topological polar surface area (TPSA) is 49.4 Å². The van der Waals surface area contributed by atoms with E-state index in [0.717, 1.165) is 25.9 Å². The molecule has 1 saturated carbocycles. The Morgan fingerprint density at radius 1 is 0.958 bits per heavy atom. The van der Waals surface area contributed by atoms with E-state index >= 15 is 0 Å². The standard InChI is InChI=1S/C20H28N2O2/c23-19(22-14-4-5-15-22)12-13-21-20(24)18-10-8-17(9-11-18)16-6-2-1-3-7-16/h8-11,16H,1-7,12-15H2,(H,21,24). The number of hydrogen-bond acceptors (Lipinski definition) is 2. The molecule has 1 aromatic rings. The molecule has 1 aliphatic carbocycles. The Kier molecular flexibility index (Phi) is 5.89. The summed E-state index contributed by atoms with van der Waals surface area (Å²) in [6.45, 7) is 2.16. The normalized spacial score (nSPS) is 18.6. The maximum atomic E-state index is 12.2. The van der Waals surface area contributed by atoms with E-state index in [2.05, 4.69) is 17.4 Å². The summed E-state index contributed by atoms with van der Waals surface area (Å²) in [6, 6.07) is 8.03. The quantitative estimate of drug-likeness (QED) is 0.899. The SMILES string of the molecule is O=C(NCCC(=O)N1CCCC1)c1ccc(C2CCCCC2)cc1.